The molecule has 1 heterocycles. The molecule has 0 bridgehead atoms. The summed E-state index contributed by atoms with van der Waals surface area (Å²) in [5.74, 6) is -0.226. The summed E-state index contributed by atoms with van der Waals surface area (Å²) in [5.41, 5.74) is 4.81. The first kappa shape index (κ1) is 23.8. The molecule has 1 aliphatic heterocycles. The highest BCUT2D eigenvalue weighted by Crippen LogP contribution is 2.21. The Morgan fingerprint density at radius 1 is 0.833 bits per heavy atom. The first-order valence-electron chi connectivity index (χ1n) is 12.6. The molecule has 0 aromatic heterocycles. The van der Waals surface area contributed by atoms with E-state index in [-0.39, 0.29) is 11.8 Å². The van der Waals surface area contributed by atoms with Crippen molar-refractivity contribution in [1.29, 1.82) is 0 Å². The lowest BCUT2D eigenvalue weighted by Gasteiger charge is -2.36. The van der Waals surface area contributed by atoms with Crippen LogP contribution in [0.4, 0.5) is 11.4 Å². The van der Waals surface area contributed by atoms with Gasteiger partial charge in [-0.05, 0) is 66.4 Å². The van der Waals surface area contributed by atoms with Gasteiger partial charge in [0.2, 0.25) is 5.91 Å². The van der Waals surface area contributed by atoms with Crippen LogP contribution in [0.15, 0.2) is 84.9 Å². The molecule has 0 atom stereocenters. The number of rotatable bonds is 8. The number of carbonyl (C=O) groups excluding carboxylic acids is 2. The second-order valence-electron chi connectivity index (χ2n) is 9.49. The van der Waals surface area contributed by atoms with Gasteiger partial charge in [-0.15, -0.1) is 0 Å². The second-order valence-corrected chi connectivity index (χ2v) is 9.49. The number of piperazine rings is 1. The zero-order valence-corrected chi connectivity index (χ0v) is 20.4. The Morgan fingerprint density at radius 3 is 2.19 bits per heavy atom. The number of carbonyl (C=O) groups is 2. The van der Waals surface area contributed by atoms with Gasteiger partial charge in [-0.1, -0.05) is 42.5 Å². The third-order valence-electron chi connectivity index (χ3n) is 6.63. The maximum atomic E-state index is 12.4. The van der Waals surface area contributed by atoms with E-state index in [9.17, 15) is 9.59 Å². The standard InChI is InChI=1S/C30H32N4O2/c35-29(17-8-23-6-9-25(10-7-23)30(36)32-27-11-12-27)31-26-13-15-28(16-14-26)34-20-18-33(19-21-34)22-24-4-2-1-3-5-24/h1-10,13-17,27H,11-12,18-22H2,(H,31,35)(H,32,36)/b17-8+. The molecule has 36 heavy (non-hydrogen) atoms. The Bertz CT molecular complexity index is 1190. The molecule has 1 saturated carbocycles. The van der Waals surface area contributed by atoms with Crippen LogP contribution in [0, 0.1) is 0 Å². The molecule has 3 aromatic rings. The minimum atomic E-state index is -0.187. The van der Waals surface area contributed by atoms with Crippen molar-refractivity contribution in [1.82, 2.24) is 10.2 Å². The summed E-state index contributed by atoms with van der Waals surface area (Å²) in [4.78, 5) is 29.3. The first-order chi connectivity index (χ1) is 17.6. The van der Waals surface area contributed by atoms with E-state index in [4.69, 9.17) is 0 Å². The Balaban J connectivity index is 1.08. The molecule has 1 aliphatic carbocycles. The van der Waals surface area contributed by atoms with E-state index in [0.29, 0.717) is 11.6 Å². The van der Waals surface area contributed by atoms with Crippen LogP contribution in [0.5, 0.6) is 0 Å². The number of nitrogens with one attached hydrogen (secondary N) is 2. The van der Waals surface area contributed by atoms with Crippen LogP contribution in [0.25, 0.3) is 6.08 Å². The van der Waals surface area contributed by atoms with Crippen molar-refractivity contribution in [2.45, 2.75) is 25.4 Å². The van der Waals surface area contributed by atoms with E-state index in [1.54, 1.807) is 18.2 Å². The molecular formula is C30H32N4O2. The zero-order valence-electron chi connectivity index (χ0n) is 20.4. The molecule has 6 nitrogen and oxygen atoms in total. The van der Waals surface area contributed by atoms with Gasteiger partial charge < -0.3 is 15.5 Å². The molecule has 2 amide bonds. The van der Waals surface area contributed by atoms with E-state index in [1.165, 1.54) is 17.3 Å². The quantitative estimate of drug-likeness (QED) is 0.464. The SMILES string of the molecule is O=C(/C=C/c1ccc(C(=O)NC2CC2)cc1)Nc1ccc(N2CCN(Cc3ccccc3)CC2)cc1. The van der Waals surface area contributed by atoms with Gasteiger partial charge in [0, 0.05) is 61.8 Å². The van der Waals surface area contributed by atoms with E-state index >= 15 is 0 Å². The van der Waals surface area contributed by atoms with Crippen LogP contribution in [0.3, 0.4) is 0 Å². The van der Waals surface area contributed by atoms with Crippen LogP contribution >= 0.6 is 0 Å². The maximum Gasteiger partial charge on any atom is 0.251 e. The molecule has 3 aromatic carbocycles. The number of nitrogens with zero attached hydrogens (tertiary/aromatic N) is 2. The molecule has 2 fully saturated rings. The summed E-state index contributed by atoms with van der Waals surface area (Å²) < 4.78 is 0. The fourth-order valence-corrected chi connectivity index (χ4v) is 4.36. The Morgan fingerprint density at radius 2 is 1.53 bits per heavy atom. The van der Waals surface area contributed by atoms with Crippen molar-refractivity contribution in [2.75, 3.05) is 36.4 Å². The summed E-state index contributed by atoms with van der Waals surface area (Å²) >= 11 is 0. The summed E-state index contributed by atoms with van der Waals surface area (Å²) in [6.45, 7) is 5.03. The molecule has 2 N–H and O–H groups in total. The fourth-order valence-electron chi connectivity index (χ4n) is 4.36. The van der Waals surface area contributed by atoms with Crippen LogP contribution in [0.2, 0.25) is 0 Å². The average molecular weight is 481 g/mol. The average Bonchev–Trinajstić information content (AvgIpc) is 3.73. The molecule has 2 aliphatic rings. The second kappa shape index (κ2) is 11.2. The van der Waals surface area contributed by atoms with E-state index in [2.05, 4.69) is 62.9 Å². The number of benzene rings is 3. The number of hydrogen-bond acceptors (Lipinski definition) is 4. The molecule has 0 spiro atoms. The summed E-state index contributed by atoms with van der Waals surface area (Å²) in [6.07, 6.45) is 5.40. The molecule has 1 saturated heterocycles. The first-order valence-corrected chi connectivity index (χ1v) is 12.6. The van der Waals surface area contributed by atoms with Gasteiger partial charge in [0.1, 0.15) is 0 Å². The van der Waals surface area contributed by atoms with E-state index in [1.807, 2.05) is 24.3 Å². The Labute approximate surface area is 212 Å². The summed E-state index contributed by atoms with van der Waals surface area (Å²) in [6, 6.07) is 26.2. The van der Waals surface area contributed by atoms with Crippen molar-refractivity contribution < 1.29 is 9.59 Å². The lowest BCUT2D eigenvalue weighted by atomic mass is 10.1. The number of hydrogen-bond donors (Lipinski definition) is 2. The monoisotopic (exact) mass is 480 g/mol. The Hall–Kier alpha value is -3.90. The highest BCUT2D eigenvalue weighted by Gasteiger charge is 2.23. The number of anilines is 2. The maximum absolute atomic E-state index is 12.4. The predicted molar refractivity (Wildman–Crippen MR) is 145 cm³/mol. The fraction of sp³-hybridized carbons (Fsp3) is 0.267. The normalized spacial score (nSPS) is 16.2. The van der Waals surface area contributed by atoms with Gasteiger partial charge in [-0.2, -0.15) is 0 Å². The van der Waals surface area contributed by atoms with Gasteiger partial charge in [0.25, 0.3) is 5.91 Å². The molecule has 0 unspecified atom stereocenters. The highest BCUT2D eigenvalue weighted by atomic mass is 16.2. The number of amides is 2. The largest absolute Gasteiger partial charge is 0.369 e. The van der Waals surface area contributed by atoms with Crippen LogP contribution in [0.1, 0.15) is 34.3 Å². The minimum absolute atomic E-state index is 0.0386. The van der Waals surface area contributed by atoms with Gasteiger partial charge >= 0.3 is 0 Å². The molecule has 6 heteroatoms. The van der Waals surface area contributed by atoms with Gasteiger partial charge in [-0.25, -0.2) is 0 Å². The van der Waals surface area contributed by atoms with Crippen LogP contribution in [-0.2, 0) is 11.3 Å². The Kier molecular flexibility index (Phi) is 7.43. The predicted octanol–water partition coefficient (Wildman–Crippen LogP) is 4.55. The molecular weight excluding hydrogens is 448 g/mol. The van der Waals surface area contributed by atoms with E-state index < -0.39 is 0 Å². The van der Waals surface area contributed by atoms with Crippen molar-refractivity contribution >= 4 is 29.3 Å². The third kappa shape index (κ3) is 6.61. The highest BCUT2D eigenvalue weighted by molar-refractivity contribution is 6.02. The van der Waals surface area contributed by atoms with Crippen LogP contribution in [-0.4, -0.2) is 48.9 Å². The van der Waals surface area contributed by atoms with Gasteiger partial charge in [0.15, 0.2) is 0 Å². The van der Waals surface area contributed by atoms with Gasteiger partial charge in [0.05, 0.1) is 0 Å². The molecule has 184 valence electrons. The zero-order chi connectivity index (χ0) is 24.7. The topological polar surface area (TPSA) is 64.7 Å². The van der Waals surface area contributed by atoms with Crippen molar-refractivity contribution in [2.24, 2.45) is 0 Å². The smallest absolute Gasteiger partial charge is 0.251 e. The van der Waals surface area contributed by atoms with Crippen molar-refractivity contribution in [3.63, 3.8) is 0 Å². The van der Waals surface area contributed by atoms with E-state index in [0.717, 1.165) is 56.8 Å². The summed E-state index contributed by atoms with van der Waals surface area (Å²) in [7, 11) is 0. The van der Waals surface area contributed by atoms with Crippen LogP contribution < -0.4 is 15.5 Å². The molecule has 5 rings (SSSR count). The van der Waals surface area contributed by atoms with Crippen molar-refractivity contribution in [3.8, 4) is 0 Å². The third-order valence-corrected chi connectivity index (χ3v) is 6.63. The minimum Gasteiger partial charge on any atom is -0.369 e. The lowest BCUT2D eigenvalue weighted by Crippen LogP contribution is -2.45. The molecule has 0 radical (unpaired) electrons. The summed E-state index contributed by atoms with van der Waals surface area (Å²) in [5, 5.41) is 5.89. The lowest BCUT2D eigenvalue weighted by molar-refractivity contribution is -0.111. The van der Waals surface area contributed by atoms with Gasteiger partial charge in [-0.3, -0.25) is 14.5 Å². The van der Waals surface area contributed by atoms with Crippen molar-refractivity contribution in [3.05, 3.63) is 102 Å².